The van der Waals surface area contributed by atoms with Gasteiger partial charge in [-0.1, -0.05) is 13.8 Å². The fourth-order valence-corrected chi connectivity index (χ4v) is 1.95. The Hall–Kier alpha value is -2.24. The Labute approximate surface area is 116 Å². The summed E-state index contributed by atoms with van der Waals surface area (Å²) in [7, 11) is 0. The molecule has 0 aromatic carbocycles. The molecule has 20 heavy (non-hydrogen) atoms. The van der Waals surface area contributed by atoms with Crippen molar-refractivity contribution in [1.82, 2.24) is 15.0 Å². The molecule has 0 aliphatic heterocycles. The van der Waals surface area contributed by atoms with E-state index in [2.05, 4.69) is 20.3 Å². The summed E-state index contributed by atoms with van der Waals surface area (Å²) in [6, 6.07) is 0. The first-order chi connectivity index (χ1) is 9.65. The van der Waals surface area contributed by atoms with Crippen LogP contribution in [-0.4, -0.2) is 20.9 Å². The van der Waals surface area contributed by atoms with Gasteiger partial charge in [0.1, 0.15) is 11.6 Å². The molecular weight excluding hydrogens is 256 g/mol. The summed E-state index contributed by atoms with van der Waals surface area (Å²) in [5.41, 5.74) is 0.921. The summed E-state index contributed by atoms with van der Waals surface area (Å²) in [5.74, 6) is 1.77. The highest BCUT2D eigenvalue weighted by molar-refractivity contribution is 6.03. The lowest BCUT2D eigenvalue weighted by molar-refractivity contribution is 0.102. The molecule has 0 unspecified atom stereocenters. The molecular formula is C14H16N4O2. The van der Waals surface area contributed by atoms with Crippen LogP contribution in [-0.2, 0) is 0 Å². The summed E-state index contributed by atoms with van der Waals surface area (Å²) >= 11 is 0. The molecule has 2 aromatic rings. The van der Waals surface area contributed by atoms with Crippen molar-refractivity contribution < 1.29 is 9.21 Å². The Kier molecular flexibility index (Phi) is 3.22. The Morgan fingerprint density at radius 2 is 2.00 bits per heavy atom. The van der Waals surface area contributed by atoms with E-state index in [0.717, 1.165) is 18.7 Å². The molecule has 1 aliphatic rings. The molecule has 1 aliphatic carbocycles. The monoisotopic (exact) mass is 272 g/mol. The third-order valence-corrected chi connectivity index (χ3v) is 3.20. The summed E-state index contributed by atoms with van der Waals surface area (Å²) in [6.07, 6.45) is 6.65. The van der Waals surface area contributed by atoms with E-state index >= 15 is 0 Å². The average molecular weight is 272 g/mol. The first-order valence-electron chi connectivity index (χ1n) is 6.72. The molecule has 6 nitrogen and oxygen atoms in total. The van der Waals surface area contributed by atoms with Crippen molar-refractivity contribution in [2.24, 2.45) is 0 Å². The second-order valence-corrected chi connectivity index (χ2v) is 5.28. The minimum atomic E-state index is -0.276. The molecule has 0 radical (unpaired) electrons. The van der Waals surface area contributed by atoms with Gasteiger partial charge in [0.15, 0.2) is 12.1 Å². The molecule has 1 fully saturated rings. The summed E-state index contributed by atoms with van der Waals surface area (Å²) in [5, 5.41) is 2.75. The maximum absolute atomic E-state index is 12.2. The van der Waals surface area contributed by atoms with Gasteiger partial charge in [-0.3, -0.25) is 4.79 Å². The zero-order chi connectivity index (χ0) is 14.1. The van der Waals surface area contributed by atoms with E-state index in [1.807, 2.05) is 13.8 Å². The number of hydrogen-bond donors (Lipinski definition) is 1. The van der Waals surface area contributed by atoms with Gasteiger partial charge in [0.25, 0.3) is 5.91 Å². The van der Waals surface area contributed by atoms with Gasteiger partial charge >= 0.3 is 0 Å². The highest BCUT2D eigenvalue weighted by atomic mass is 16.3. The molecule has 0 atom stereocenters. The SMILES string of the molecule is CC(C)c1ncc(NC(=O)c2ncoc2C2CC2)cn1. The normalized spacial score (nSPS) is 14.6. The zero-order valence-electron chi connectivity index (χ0n) is 11.5. The summed E-state index contributed by atoms with van der Waals surface area (Å²) < 4.78 is 5.29. The lowest BCUT2D eigenvalue weighted by Crippen LogP contribution is -2.14. The maximum Gasteiger partial charge on any atom is 0.278 e. The fourth-order valence-electron chi connectivity index (χ4n) is 1.95. The number of anilines is 1. The van der Waals surface area contributed by atoms with Crippen molar-refractivity contribution in [1.29, 1.82) is 0 Å². The van der Waals surface area contributed by atoms with Crippen molar-refractivity contribution in [3.05, 3.63) is 36.1 Å². The number of aromatic nitrogens is 3. The second-order valence-electron chi connectivity index (χ2n) is 5.28. The molecule has 2 aromatic heterocycles. The molecule has 6 heteroatoms. The van der Waals surface area contributed by atoms with E-state index in [1.54, 1.807) is 12.4 Å². The van der Waals surface area contributed by atoms with Crippen LogP contribution < -0.4 is 5.32 Å². The summed E-state index contributed by atoms with van der Waals surface area (Å²) in [4.78, 5) is 24.6. The van der Waals surface area contributed by atoms with Crippen molar-refractivity contribution in [2.45, 2.75) is 38.5 Å². The van der Waals surface area contributed by atoms with Crippen molar-refractivity contribution >= 4 is 11.6 Å². The molecule has 1 amide bonds. The van der Waals surface area contributed by atoms with Gasteiger partial charge in [-0.15, -0.1) is 0 Å². The molecule has 0 spiro atoms. The van der Waals surface area contributed by atoms with Gasteiger partial charge in [-0.2, -0.15) is 0 Å². The Balaban J connectivity index is 1.73. The van der Waals surface area contributed by atoms with E-state index in [1.165, 1.54) is 6.39 Å². The fraction of sp³-hybridized carbons (Fsp3) is 0.429. The van der Waals surface area contributed by atoms with Crippen molar-refractivity contribution in [3.63, 3.8) is 0 Å². The highest BCUT2D eigenvalue weighted by Gasteiger charge is 2.32. The highest BCUT2D eigenvalue weighted by Crippen LogP contribution is 2.41. The molecule has 1 saturated carbocycles. The molecule has 0 bridgehead atoms. The van der Waals surface area contributed by atoms with E-state index < -0.39 is 0 Å². The Bertz CT molecular complexity index is 614. The van der Waals surface area contributed by atoms with Crippen LogP contribution in [0, 0.1) is 0 Å². The largest absolute Gasteiger partial charge is 0.447 e. The number of oxazole rings is 1. The molecule has 2 heterocycles. The number of carbonyl (C=O) groups excluding carboxylic acids is 1. The van der Waals surface area contributed by atoms with Gasteiger partial charge in [0.05, 0.1) is 18.1 Å². The number of nitrogens with one attached hydrogen (secondary N) is 1. The lowest BCUT2D eigenvalue weighted by Gasteiger charge is -2.06. The van der Waals surface area contributed by atoms with E-state index in [9.17, 15) is 4.79 Å². The van der Waals surface area contributed by atoms with Crippen LogP contribution in [0.3, 0.4) is 0 Å². The average Bonchev–Trinajstić information content (AvgIpc) is 3.16. The predicted octanol–water partition coefficient (Wildman–Crippen LogP) is 2.72. The predicted molar refractivity (Wildman–Crippen MR) is 72.6 cm³/mol. The van der Waals surface area contributed by atoms with Crippen molar-refractivity contribution in [2.75, 3.05) is 5.32 Å². The van der Waals surface area contributed by atoms with Gasteiger partial charge < -0.3 is 9.73 Å². The van der Waals surface area contributed by atoms with Gasteiger partial charge in [0.2, 0.25) is 0 Å². The van der Waals surface area contributed by atoms with Crippen LogP contribution >= 0.6 is 0 Å². The van der Waals surface area contributed by atoms with Crippen LogP contribution in [0.2, 0.25) is 0 Å². The van der Waals surface area contributed by atoms with Crippen LogP contribution in [0.15, 0.2) is 23.2 Å². The summed E-state index contributed by atoms with van der Waals surface area (Å²) in [6.45, 7) is 4.04. The number of amides is 1. The van der Waals surface area contributed by atoms with E-state index in [0.29, 0.717) is 23.1 Å². The lowest BCUT2D eigenvalue weighted by atomic mass is 10.2. The first kappa shape index (κ1) is 12.8. The molecule has 0 saturated heterocycles. The smallest absolute Gasteiger partial charge is 0.278 e. The number of hydrogen-bond acceptors (Lipinski definition) is 5. The molecule has 1 N–H and O–H groups in total. The van der Waals surface area contributed by atoms with Crippen molar-refractivity contribution in [3.8, 4) is 0 Å². The zero-order valence-corrected chi connectivity index (χ0v) is 11.5. The van der Waals surface area contributed by atoms with E-state index in [-0.39, 0.29) is 11.8 Å². The third-order valence-electron chi connectivity index (χ3n) is 3.20. The standard InChI is InChI=1S/C14H16N4O2/c1-8(2)13-15-5-10(6-16-13)18-14(19)11-12(9-3-4-9)20-7-17-11/h5-9H,3-4H2,1-2H3,(H,18,19). The van der Waals surface area contributed by atoms with Crippen LogP contribution in [0.5, 0.6) is 0 Å². The minimum absolute atomic E-state index is 0.261. The molecule has 104 valence electrons. The maximum atomic E-state index is 12.2. The van der Waals surface area contributed by atoms with Crippen LogP contribution in [0.1, 0.15) is 60.6 Å². The van der Waals surface area contributed by atoms with Gasteiger partial charge in [-0.05, 0) is 12.8 Å². The quantitative estimate of drug-likeness (QED) is 0.925. The third kappa shape index (κ3) is 2.54. The van der Waals surface area contributed by atoms with E-state index in [4.69, 9.17) is 4.42 Å². The first-order valence-corrected chi connectivity index (χ1v) is 6.72. The second kappa shape index (κ2) is 5.03. The number of nitrogens with zero attached hydrogens (tertiary/aromatic N) is 3. The van der Waals surface area contributed by atoms with Gasteiger partial charge in [0, 0.05) is 11.8 Å². The number of rotatable bonds is 4. The van der Waals surface area contributed by atoms with Gasteiger partial charge in [-0.25, -0.2) is 15.0 Å². The minimum Gasteiger partial charge on any atom is -0.447 e. The Morgan fingerprint density at radius 3 is 2.60 bits per heavy atom. The van der Waals surface area contributed by atoms with Crippen LogP contribution in [0.25, 0.3) is 0 Å². The van der Waals surface area contributed by atoms with Crippen LogP contribution in [0.4, 0.5) is 5.69 Å². The Morgan fingerprint density at radius 1 is 1.30 bits per heavy atom. The topological polar surface area (TPSA) is 80.9 Å². The number of carbonyl (C=O) groups is 1. The molecule has 3 rings (SSSR count).